The van der Waals surface area contributed by atoms with Crippen LogP contribution in [-0.2, 0) is 16.1 Å². The van der Waals surface area contributed by atoms with Crippen LogP contribution in [0.15, 0.2) is 42.7 Å². The maximum atomic E-state index is 12.0. The van der Waals surface area contributed by atoms with Crippen LogP contribution in [0.2, 0.25) is 0 Å². The Balaban J connectivity index is 1.95. The fraction of sp³-hybridized carbons (Fsp3) is 0.294. The predicted molar refractivity (Wildman–Crippen MR) is 88.9 cm³/mol. The zero-order valence-corrected chi connectivity index (χ0v) is 13.6. The number of hydrogen-bond donors (Lipinski definition) is 1. The summed E-state index contributed by atoms with van der Waals surface area (Å²) in [5, 5.41) is 15.4. The number of likely N-dealkylation sites (N-methyl/N-ethyl adjacent to an activating group) is 1. The quantitative estimate of drug-likeness (QED) is 0.846. The van der Waals surface area contributed by atoms with Crippen LogP contribution in [0, 0.1) is 11.3 Å². The predicted octanol–water partition coefficient (Wildman–Crippen LogP) is 1.63. The van der Waals surface area contributed by atoms with Gasteiger partial charge in [0, 0.05) is 19.3 Å². The summed E-state index contributed by atoms with van der Waals surface area (Å²) in [6.45, 7) is 2.29. The number of rotatable bonds is 5. The van der Waals surface area contributed by atoms with E-state index < -0.39 is 11.8 Å². The highest BCUT2D eigenvalue weighted by molar-refractivity contribution is 6.39. The topological polar surface area (TPSA) is 91.0 Å². The Morgan fingerprint density at radius 3 is 2.75 bits per heavy atom. The third-order valence-electron chi connectivity index (χ3n) is 3.64. The van der Waals surface area contributed by atoms with Gasteiger partial charge in [-0.1, -0.05) is 30.3 Å². The van der Waals surface area contributed by atoms with E-state index in [1.54, 1.807) is 17.8 Å². The zero-order chi connectivity index (χ0) is 17.5. The lowest BCUT2D eigenvalue weighted by atomic mass is 10.2. The number of anilines is 1. The molecule has 7 nitrogen and oxygen atoms in total. The summed E-state index contributed by atoms with van der Waals surface area (Å²) in [6.07, 6.45) is 3.33. The molecular weight excluding hydrogens is 306 g/mol. The Morgan fingerprint density at radius 1 is 1.38 bits per heavy atom. The first-order chi connectivity index (χ1) is 11.5. The fourth-order valence-corrected chi connectivity index (χ4v) is 2.10. The molecule has 0 aliphatic rings. The third kappa shape index (κ3) is 4.43. The summed E-state index contributed by atoms with van der Waals surface area (Å²) in [5.41, 5.74) is 1.53. The van der Waals surface area contributed by atoms with Crippen LogP contribution in [0.3, 0.4) is 0 Å². The van der Waals surface area contributed by atoms with Gasteiger partial charge >= 0.3 is 11.8 Å². The molecule has 2 rings (SSSR count). The molecule has 1 atom stereocenters. The lowest BCUT2D eigenvalue weighted by Crippen LogP contribution is -2.41. The van der Waals surface area contributed by atoms with Crippen molar-refractivity contribution in [3.05, 3.63) is 48.3 Å². The fourth-order valence-electron chi connectivity index (χ4n) is 2.10. The third-order valence-corrected chi connectivity index (χ3v) is 3.64. The highest BCUT2D eigenvalue weighted by Gasteiger charge is 2.23. The van der Waals surface area contributed by atoms with Crippen molar-refractivity contribution in [1.82, 2.24) is 14.7 Å². The Kier molecular flexibility index (Phi) is 5.68. The summed E-state index contributed by atoms with van der Waals surface area (Å²) in [5.74, 6) is -1.44. The molecule has 124 valence electrons. The van der Waals surface area contributed by atoms with Crippen molar-refractivity contribution < 1.29 is 9.59 Å². The molecule has 2 aromatic rings. The highest BCUT2D eigenvalue weighted by Crippen LogP contribution is 2.09. The van der Waals surface area contributed by atoms with Crippen LogP contribution in [-0.4, -0.2) is 39.6 Å². The Bertz CT molecular complexity index is 748. The van der Waals surface area contributed by atoms with Crippen molar-refractivity contribution >= 4 is 17.5 Å². The second kappa shape index (κ2) is 7.92. The SMILES string of the molecule is C[C@H](CC#N)N(C)C(=O)C(=O)Nc1cnn(Cc2ccccc2)c1. The summed E-state index contributed by atoms with van der Waals surface area (Å²) >= 11 is 0. The van der Waals surface area contributed by atoms with Crippen molar-refractivity contribution in [2.24, 2.45) is 0 Å². The molecule has 2 amide bonds. The first-order valence-corrected chi connectivity index (χ1v) is 7.52. The van der Waals surface area contributed by atoms with E-state index in [9.17, 15) is 9.59 Å². The monoisotopic (exact) mass is 325 g/mol. The van der Waals surface area contributed by atoms with Gasteiger partial charge in [-0.05, 0) is 12.5 Å². The number of hydrogen-bond acceptors (Lipinski definition) is 4. The summed E-state index contributed by atoms with van der Waals surface area (Å²) < 4.78 is 1.68. The largest absolute Gasteiger partial charge is 0.334 e. The number of amides is 2. The molecule has 1 aromatic heterocycles. The van der Waals surface area contributed by atoms with E-state index in [0.717, 1.165) is 5.56 Å². The summed E-state index contributed by atoms with van der Waals surface area (Å²) in [7, 11) is 1.50. The molecule has 1 N–H and O–H groups in total. The van der Waals surface area contributed by atoms with Gasteiger partial charge in [0.2, 0.25) is 0 Å². The standard InChI is InChI=1S/C17H19N5O2/c1-13(8-9-18)21(2)17(24)16(23)20-15-10-19-22(12-15)11-14-6-4-3-5-7-14/h3-7,10,12-13H,8,11H2,1-2H3,(H,20,23)/t13-/m1/s1. The second-order valence-corrected chi connectivity index (χ2v) is 5.49. The number of benzene rings is 1. The van der Waals surface area contributed by atoms with Crippen LogP contribution >= 0.6 is 0 Å². The van der Waals surface area contributed by atoms with E-state index in [1.165, 1.54) is 18.1 Å². The van der Waals surface area contributed by atoms with Gasteiger partial charge < -0.3 is 10.2 Å². The van der Waals surface area contributed by atoms with Crippen LogP contribution in [0.4, 0.5) is 5.69 Å². The zero-order valence-electron chi connectivity index (χ0n) is 13.6. The van der Waals surface area contributed by atoms with Gasteiger partial charge in [0.25, 0.3) is 0 Å². The first-order valence-electron chi connectivity index (χ1n) is 7.52. The molecule has 0 saturated carbocycles. The molecular formula is C17H19N5O2. The molecule has 0 aliphatic heterocycles. The maximum absolute atomic E-state index is 12.0. The van der Waals surface area contributed by atoms with E-state index in [1.807, 2.05) is 36.4 Å². The maximum Gasteiger partial charge on any atom is 0.313 e. The van der Waals surface area contributed by atoms with Crippen LogP contribution in [0.25, 0.3) is 0 Å². The van der Waals surface area contributed by atoms with Gasteiger partial charge in [-0.25, -0.2) is 0 Å². The van der Waals surface area contributed by atoms with Crippen molar-refractivity contribution in [2.75, 3.05) is 12.4 Å². The van der Waals surface area contributed by atoms with Crippen LogP contribution in [0.5, 0.6) is 0 Å². The van der Waals surface area contributed by atoms with Crippen molar-refractivity contribution in [3.8, 4) is 6.07 Å². The first kappa shape index (κ1) is 17.2. The van der Waals surface area contributed by atoms with Gasteiger partial charge in [-0.2, -0.15) is 10.4 Å². The lowest BCUT2D eigenvalue weighted by molar-refractivity contribution is -0.143. The van der Waals surface area contributed by atoms with E-state index in [0.29, 0.717) is 12.2 Å². The van der Waals surface area contributed by atoms with E-state index in [-0.39, 0.29) is 12.5 Å². The number of nitriles is 1. The number of nitrogens with one attached hydrogen (secondary N) is 1. The molecule has 0 spiro atoms. The summed E-state index contributed by atoms with van der Waals surface area (Å²) in [4.78, 5) is 25.3. The normalized spacial score (nSPS) is 11.4. The van der Waals surface area contributed by atoms with Crippen molar-refractivity contribution in [1.29, 1.82) is 5.26 Å². The average molecular weight is 325 g/mol. The number of carbonyl (C=O) groups excluding carboxylic acids is 2. The Labute approximate surface area is 140 Å². The second-order valence-electron chi connectivity index (χ2n) is 5.49. The Morgan fingerprint density at radius 2 is 2.08 bits per heavy atom. The van der Waals surface area contributed by atoms with E-state index >= 15 is 0 Å². The molecule has 0 radical (unpaired) electrons. The molecule has 1 aromatic carbocycles. The number of aromatic nitrogens is 2. The minimum absolute atomic E-state index is 0.171. The molecule has 7 heteroatoms. The average Bonchev–Trinajstić information content (AvgIpc) is 3.01. The van der Waals surface area contributed by atoms with Crippen molar-refractivity contribution in [2.45, 2.75) is 25.9 Å². The molecule has 0 aliphatic carbocycles. The molecule has 0 fully saturated rings. The minimum atomic E-state index is -0.749. The molecule has 24 heavy (non-hydrogen) atoms. The van der Waals surface area contributed by atoms with Gasteiger partial charge in [0.15, 0.2) is 0 Å². The van der Waals surface area contributed by atoms with E-state index in [4.69, 9.17) is 5.26 Å². The van der Waals surface area contributed by atoms with Crippen molar-refractivity contribution in [3.63, 3.8) is 0 Å². The highest BCUT2D eigenvalue weighted by atomic mass is 16.2. The van der Waals surface area contributed by atoms with Gasteiger partial charge in [-0.3, -0.25) is 14.3 Å². The summed E-state index contributed by atoms with van der Waals surface area (Å²) in [6, 6.07) is 11.4. The molecule has 0 unspecified atom stereocenters. The van der Waals surface area contributed by atoms with Gasteiger partial charge in [-0.15, -0.1) is 0 Å². The number of nitrogens with zero attached hydrogens (tertiary/aromatic N) is 4. The smallest absolute Gasteiger partial charge is 0.313 e. The van der Waals surface area contributed by atoms with E-state index in [2.05, 4.69) is 10.4 Å². The molecule has 0 saturated heterocycles. The Hall–Kier alpha value is -3.14. The molecule has 0 bridgehead atoms. The number of carbonyl (C=O) groups is 2. The minimum Gasteiger partial charge on any atom is -0.334 e. The molecule has 1 heterocycles. The van der Waals surface area contributed by atoms with Gasteiger partial charge in [0.05, 0.1) is 30.9 Å². The lowest BCUT2D eigenvalue weighted by Gasteiger charge is -2.21. The van der Waals surface area contributed by atoms with Crippen LogP contribution < -0.4 is 5.32 Å². The van der Waals surface area contributed by atoms with Crippen LogP contribution in [0.1, 0.15) is 18.9 Å². The van der Waals surface area contributed by atoms with Gasteiger partial charge in [0.1, 0.15) is 0 Å².